The first-order chi connectivity index (χ1) is 39.0. The molecule has 0 fully saturated rings. The standard InChI is InChI=1S/C63H101N7O11Si3/c1-20-26-50-49(21-2)53(52-29-24-23-28-51(50)52)46-78-60(77)66(13)65(12)43-48-41-47-27-22-25-30-54(47)70(48)34-31-55(71)64-42-56(72)68(36-39-80-83(16,17)62(6,7)8)45-58(74)69(37-40-81-84(18,19)63(9,10)11)44-57(73)67(33-32-59(75)76)35-38-79-82(14,15)61(3,4)5/h20-30,41,53H,2,31-40,42-46H2,1,3-19H3,(H,64,71)(H,75,76)/b26-20-. The number of aryl methyl sites for hydroxylation is 1. The number of fused-ring (bicyclic) bond motifs is 2. The van der Waals surface area contributed by atoms with Crippen molar-refractivity contribution in [2.24, 2.45) is 0 Å². The maximum atomic E-state index is 14.7. The Morgan fingerprint density at radius 2 is 1.19 bits per heavy atom. The third-order valence-corrected chi connectivity index (χ3v) is 31.1. The van der Waals surface area contributed by atoms with Crippen LogP contribution in [0, 0.1) is 0 Å². The van der Waals surface area contributed by atoms with Crippen molar-refractivity contribution in [1.82, 2.24) is 34.6 Å². The molecule has 5 amide bonds. The van der Waals surface area contributed by atoms with Gasteiger partial charge < -0.3 is 47.7 Å². The molecular formula is C63H101N7O11Si3. The first-order valence-corrected chi connectivity index (χ1v) is 38.2. The van der Waals surface area contributed by atoms with Gasteiger partial charge in [0.2, 0.25) is 23.6 Å². The molecule has 0 spiro atoms. The van der Waals surface area contributed by atoms with Crippen molar-refractivity contribution >= 4 is 77.1 Å². The van der Waals surface area contributed by atoms with E-state index < -0.39 is 73.7 Å². The number of hydrogen-bond acceptors (Lipinski definition) is 11. The van der Waals surface area contributed by atoms with E-state index in [4.69, 9.17) is 18.0 Å². The number of carboxylic acid groups (broad SMARTS) is 1. The number of hydrazine groups is 1. The zero-order chi connectivity index (χ0) is 63.2. The van der Waals surface area contributed by atoms with Crippen molar-refractivity contribution in [3.05, 3.63) is 102 Å². The number of hydrogen-bond donors (Lipinski definition) is 2. The Kier molecular flexibility index (Phi) is 25.4. The average molecular weight is 1220 g/mol. The molecule has 21 heteroatoms. The third kappa shape index (κ3) is 19.4. The summed E-state index contributed by atoms with van der Waals surface area (Å²) in [5.41, 5.74) is 5.96. The summed E-state index contributed by atoms with van der Waals surface area (Å²) >= 11 is 0. The van der Waals surface area contributed by atoms with Crippen molar-refractivity contribution in [3.63, 3.8) is 0 Å². The molecule has 0 saturated carbocycles. The van der Waals surface area contributed by atoms with Gasteiger partial charge in [-0.05, 0) is 101 Å². The third-order valence-electron chi connectivity index (χ3n) is 17.5. The van der Waals surface area contributed by atoms with Gasteiger partial charge in [-0.1, -0.05) is 130 Å². The fourth-order valence-electron chi connectivity index (χ4n) is 8.90. The van der Waals surface area contributed by atoms with Crippen LogP contribution in [0.15, 0.2) is 85.0 Å². The number of para-hydroxylation sites is 1. The van der Waals surface area contributed by atoms with Gasteiger partial charge in [0.25, 0.3) is 0 Å². The van der Waals surface area contributed by atoms with Gasteiger partial charge >= 0.3 is 12.1 Å². The second-order valence-corrected chi connectivity index (χ2v) is 40.9. The number of carbonyl (C=O) groups is 6. The highest BCUT2D eigenvalue weighted by Crippen LogP contribution is 2.44. The van der Waals surface area contributed by atoms with Crippen molar-refractivity contribution in [3.8, 4) is 0 Å². The number of rotatable bonds is 31. The molecule has 1 aliphatic rings. The second kappa shape index (κ2) is 30.1. The normalized spacial score (nSPS) is 14.2. The number of carbonyl (C=O) groups excluding carboxylic acids is 5. The number of nitrogens with zero attached hydrogens (tertiary/aromatic N) is 6. The van der Waals surface area contributed by atoms with Crippen LogP contribution in [0.3, 0.4) is 0 Å². The van der Waals surface area contributed by atoms with Crippen LogP contribution < -0.4 is 5.32 Å². The molecule has 18 nitrogen and oxygen atoms in total. The van der Waals surface area contributed by atoms with Crippen LogP contribution in [0.4, 0.5) is 4.79 Å². The number of aromatic nitrogens is 1. The highest BCUT2D eigenvalue weighted by Gasteiger charge is 2.40. The van der Waals surface area contributed by atoms with E-state index in [9.17, 15) is 33.9 Å². The molecule has 84 heavy (non-hydrogen) atoms. The number of allylic oxidation sites excluding steroid dienone is 4. The molecule has 1 aliphatic carbocycles. The van der Waals surface area contributed by atoms with Crippen molar-refractivity contribution in [1.29, 1.82) is 0 Å². The minimum absolute atomic E-state index is 0.00854. The minimum Gasteiger partial charge on any atom is -0.481 e. The van der Waals surface area contributed by atoms with Crippen LogP contribution in [0.2, 0.25) is 54.4 Å². The van der Waals surface area contributed by atoms with Gasteiger partial charge in [-0.25, -0.2) is 14.8 Å². The molecule has 1 aromatic heterocycles. The predicted octanol–water partition coefficient (Wildman–Crippen LogP) is 10.9. The molecule has 1 atom stereocenters. The molecule has 1 unspecified atom stereocenters. The first-order valence-electron chi connectivity index (χ1n) is 29.5. The van der Waals surface area contributed by atoms with Gasteiger partial charge in [-0.2, -0.15) is 0 Å². The van der Waals surface area contributed by atoms with Gasteiger partial charge in [0.15, 0.2) is 25.0 Å². The first kappa shape index (κ1) is 70.8. The van der Waals surface area contributed by atoms with Crippen LogP contribution in [0.25, 0.3) is 16.5 Å². The molecule has 4 rings (SSSR count). The van der Waals surface area contributed by atoms with Crippen LogP contribution >= 0.6 is 0 Å². The van der Waals surface area contributed by atoms with E-state index in [1.165, 1.54) is 19.7 Å². The smallest absolute Gasteiger partial charge is 0.424 e. The zero-order valence-electron chi connectivity index (χ0n) is 54.0. The second-order valence-electron chi connectivity index (χ2n) is 26.5. The lowest BCUT2D eigenvalue weighted by molar-refractivity contribution is -0.145. The minimum atomic E-state index is -2.30. The molecule has 1 heterocycles. The Morgan fingerprint density at radius 1 is 0.690 bits per heavy atom. The summed E-state index contributed by atoms with van der Waals surface area (Å²) < 4.78 is 27.4. The molecule has 3 aromatic rings. The number of ether oxygens (including phenoxy) is 1. The van der Waals surface area contributed by atoms with Crippen LogP contribution in [0.1, 0.15) is 105 Å². The van der Waals surface area contributed by atoms with Gasteiger partial charge in [0.1, 0.15) is 6.61 Å². The molecular weight excluding hydrogens is 1110 g/mol. The Morgan fingerprint density at radius 3 is 1.71 bits per heavy atom. The van der Waals surface area contributed by atoms with Gasteiger partial charge in [0, 0.05) is 70.4 Å². The predicted molar refractivity (Wildman–Crippen MR) is 343 cm³/mol. The highest BCUT2D eigenvalue weighted by molar-refractivity contribution is 6.74. The quantitative estimate of drug-likeness (QED) is 0.0458. The summed E-state index contributed by atoms with van der Waals surface area (Å²) in [5.74, 6) is -3.11. The Hall–Kier alpha value is -5.69. The number of benzene rings is 2. The molecule has 0 radical (unpaired) electrons. The Bertz CT molecular complexity index is 2840. The van der Waals surface area contributed by atoms with Crippen molar-refractivity contribution in [2.75, 3.05) is 86.3 Å². The Labute approximate surface area is 504 Å². The van der Waals surface area contributed by atoms with E-state index >= 15 is 0 Å². The van der Waals surface area contributed by atoms with E-state index in [-0.39, 0.29) is 99.6 Å². The summed E-state index contributed by atoms with van der Waals surface area (Å²) in [5, 5.41) is 16.3. The highest BCUT2D eigenvalue weighted by atomic mass is 28.4. The number of amides is 5. The summed E-state index contributed by atoms with van der Waals surface area (Å²) in [6.07, 6.45) is 5.07. The lowest BCUT2D eigenvalue weighted by Gasteiger charge is -2.38. The van der Waals surface area contributed by atoms with E-state index in [1.54, 1.807) is 19.1 Å². The van der Waals surface area contributed by atoms with Crippen LogP contribution in [-0.2, 0) is 55.1 Å². The lowest BCUT2D eigenvalue weighted by atomic mass is 9.97. The van der Waals surface area contributed by atoms with Gasteiger partial charge in [-0.15, -0.1) is 0 Å². The largest absolute Gasteiger partial charge is 0.481 e. The lowest BCUT2D eigenvalue weighted by Crippen LogP contribution is -2.52. The van der Waals surface area contributed by atoms with Crippen molar-refractivity contribution in [2.45, 2.75) is 155 Å². The molecule has 0 aliphatic heterocycles. The van der Waals surface area contributed by atoms with Crippen molar-refractivity contribution < 1.29 is 51.9 Å². The molecule has 0 saturated heterocycles. The maximum absolute atomic E-state index is 14.7. The molecule has 466 valence electrons. The summed E-state index contributed by atoms with van der Waals surface area (Å²) in [7, 11) is -3.37. The zero-order valence-corrected chi connectivity index (χ0v) is 57.0. The van der Waals surface area contributed by atoms with Gasteiger partial charge in [-0.3, -0.25) is 24.0 Å². The molecule has 2 N–H and O–H groups in total. The number of aliphatic carboxylic acids is 1. The number of carboxylic acids is 1. The van der Waals surface area contributed by atoms with E-state index in [1.807, 2.05) is 66.1 Å². The fourth-order valence-corrected chi connectivity index (χ4v) is 12.0. The monoisotopic (exact) mass is 1220 g/mol. The van der Waals surface area contributed by atoms with E-state index in [2.05, 4.69) is 132 Å². The van der Waals surface area contributed by atoms with Crippen LogP contribution in [0.5, 0.6) is 0 Å². The molecule has 2 aromatic carbocycles. The SMILES string of the molecule is C=CC1=C(/C=C\C)c2ccccc2C1COC(=O)N(C)N(C)Cc1cc2ccccc2n1CCC(=O)NCC(=O)N(CCO[Si](C)(C)C(C)(C)C)CC(=O)N(CCO[Si](C)(C)C(C)(C)C)CC(=O)N(CCO[Si](C)(C)C(C)(C)C)CCC(=O)O. The Balaban J connectivity index is 1.52. The maximum Gasteiger partial charge on any atom is 0.424 e. The summed E-state index contributed by atoms with van der Waals surface area (Å²) in [4.78, 5) is 86.9. The fraction of sp³-hybridized carbons (Fsp3) is 0.587. The average Bonchev–Trinajstić information content (AvgIpc) is 2.78. The van der Waals surface area contributed by atoms with Crippen LogP contribution in [-0.4, -0.2) is 181 Å². The van der Waals surface area contributed by atoms with E-state index in [0.29, 0.717) is 6.54 Å². The molecule has 0 bridgehead atoms. The number of nitrogens with one attached hydrogen (secondary N) is 1. The summed E-state index contributed by atoms with van der Waals surface area (Å²) in [6.45, 7) is 37.8. The van der Waals surface area contributed by atoms with Gasteiger partial charge in [0.05, 0.1) is 52.4 Å². The topological polar surface area (TPSA) is 193 Å². The summed E-state index contributed by atoms with van der Waals surface area (Å²) in [6, 6.07) is 18.0. The van der Waals surface area contributed by atoms with E-state index in [0.717, 1.165) is 38.9 Å².